The minimum atomic E-state index is -0.949. The Bertz CT molecular complexity index is 362. The molecule has 1 aromatic rings. The van der Waals surface area contributed by atoms with Gasteiger partial charge in [0.05, 0.1) is 29.4 Å². The minimum Gasteiger partial charge on any atom is -0.481 e. The summed E-state index contributed by atoms with van der Waals surface area (Å²) in [4.78, 5) is 10.5. The Balaban J connectivity index is 3.00. The van der Waals surface area contributed by atoms with E-state index in [4.69, 9.17) is 22.4 Å². The lowest BCUT2D eigenvalue weighted by Crippen LogP contribution is -2.20. The quantitative estimate of drug-likeness (QED) is 0.825. The average Bonchev–Trinajstić information content (AvgIpc) is 2.45. The maximum atomic E-state index is 10.5. The molecule has 0 saturated heterocycles. The summed E-state index contributed by atoms with van der Waals surface area (Å²) in [6.45, 7) is 3.86. The summed E-state index contributed by atoms with van der Waals surface area (Å²) in [5.74, 6) is -0.949. The van der Waals surface area contributed by atoms with Crippen LogP contribution in [0.15, 0.2) is 6.20 Å². The fraction of sp³-hybridized carbons (Fsp3) is 0.556. The van der Waals surface area contributed by atoms with Crippen molar-refractivity contribution in [1.29, 1.82) is 0 Å². The second kappa shape index (κ2) is 4.63. The molecule has 3 N–H and O–H groups in total. The number of aliphatic carboxylic acids is 1. The molecule has 0 spiro atoms. The van der Waals surface area contributed by atoms with Crippen molar-refractivity contribution >= 4 is 17.6 Å². The van der Waals surface area contributed by atoms with Gasteiger partial charge in [-0.05, 0) is 13.8 Å². The first-order valence-corrected chi connectivity index (χ1v) is 5.01. The summed E-state index contributed by atoms with van der Waals surface area (Å²) in [5.41, 5.74) is 6.33. The summed E-state index contributed by atoms with van der Waals surface area (Å²) in [5, 5.41) is 13.1. The number of hydrogen-bond donors (Lipinski definition) is 2. The Morgan fingerprint density at radius 3 is 2.80 bits per heavy atom. The van der Waals surface area contributed by atoms with E-state index in [0.29, 0.717) is 10.7 Å². The topological polar surface area (TPSA) is 81.1 Å². The van der Waals surface area contributed by atoms with Crippen LogP contribution in [0.3, 0.4) is 0 Å². The van der Waals surface area contributed by atoms with E-state index in [9.17, 15) is 4.79 Å². The molecule has 0 aliphatic carbocycles. The van der Waals surface area contributed by atoms with Crippen molar-refractivity contribution in [3.63, 3.8) is 0 Å². The largest absolute Gasteiger partial charge is 0.481 e. The first kappa shape index (κ1) is 12.0. The molecule has 1 heterocycles. The Kier molecular flexibility index (Phi) is 3.71. The lowest BCUT2D eigenvalue weighted by atomic mass is 10.1. The number of hydrogen-bond acceptors (Lipinski definition) is 3. The van der Waals surface area contributed by atoms with Gasteiger partial charge in [0.15, 0.2) is 0 Å². The number of rotatable bonds is 4. The van der Waals surface area contributed by atoms with Crippen molar-refractivity contribution in [2.75, 3.05) is 0 Å². The van der Waals surface area contributed by atoms with Crippen molar-refractivity contribution in [3.05, 3.63) is 16.9 Å². The molecular weight excluding hydrogens is 218 g/mol. The Morgan fingerprint density at radius 1 is 1.73 bits per heavy atom. The lowest BCUT2D eigenvalue weighted by Gasteiger charge is -2.15. The maximum Gasteiger partial charge on any atom is 0.305 e. The molecule has 0 saturated carbocycles. The third-order valence-electron chi connectivity index (χ3n) is 2.02. The highest BCUT2D eigenvalue weighted by Crippen LogP contribution is 2.25. The molecule has 15 heavy (non-hydrogen) atoms. The Morgan fingerprint density at radius 2 is 2.33 bits per heavy atom. The van der Waals surface area contributed by atoms with Crippen molar-refractivity contribution < 1.29 is 9.90 Å². The molecule has 6 heteroatoms. The number of carbonyl (C=O) groups is 1. The van der Waals surface area contributed by atoms with Gasteiger partial charge in [-0.15, -0.1) is 0 Å². The van der Waals surface area contributed by atoms with E-state index in [1.54, 1.807) is 4.68 Å². The summed E-state index contributed by atoms with van der Waals surface area (Å²) in [6, 6.07) is -0.521. The van der Waals surface area contributed by atoms with Gasteiger partial charge in [0, 0.05) is 6.04 Å². The number of aromatic nitrogens is 2. The minimum absolute atomic E-state index is 0.104. The normalized spacial score (nSPS) is 13.1. The van der Waals surface area contributed by atoms with Crippen LogP contribution in [0.5, 0.6) is 0 Å². The molecule has 1 aromatic heterocycles. The van der Waals surface area contributed by atoms with E-state index in [1.165, 1.54) is 6.20 Å². The molecule has 0 aromatic carbocycles. The lowest BCUT2D eigenvalue weighted by molar-refractivity contribution is -0.137. The fourth-order valence-electron chi connectivity index (χ4n) is 1.39. The average molecular weight is 232 g/mol. The molecule has 0 bridgehead atoms. The van der Waals surface area contributed by atoms with Crippen LogP contribution in [0.1, 0.15) is 38.0 Å². The summed E-state index contributed by atoms with van der Waals surface area (Å²) in [6.07, 6.45) is 1.33. The highest BCUT2D eigenvalue weighted by molar-refractivity contribution is 6.31. The van der Waals surface area contributed by atoms with Gasteiger partial charge in [-0.2, -0.15) is 5.10 Å². The zero-order valence-electron chi connectivity index (χ0n) is 8.64. The highest BCUT2D eigenvalue weighted by atomic mass is 35.5. The molecule has 1 atom stereocenters. The zero-order chi connectivity index (χ0) is 11.6. The van der Waals surface area contributed by atoms with Gasteiger partial charge in [0.25, 0.3) is 0 Å². The van der Waals surface area contributed by atoms with Crippen molar-refractivity contribution in [3.8, 4) is 0 Å². The number of nitrogens with zero attached hydrogens (tertiary/aromatic N) is 2. The van der Waals surface area contributed by atoms with Crippen LogP contribution in [-0.4, -0.2) is 20.9 Å². The molecule has 0 aliphatic heterocycles. The Labute approximate surface area is 92.8 Å². The predicted molar refractivity (Wildman–Crippen MR) is 56.8 cm³/mol. The van der Waals surface area contributed by atoms with Gasteiger partial charge in [-0.25, -0.2) is 0 Å². The number of carboxylic acids is 1. The van der Waals surface area contributed by atoms with Crippen LogP contribution in [0.4, 0.5) is 0 Å². The van der Waals surface area contributed by atoms with Gasteiger partial charge < -0.3 is 10.8 Å². The third kappa shape index (κ3) is 2.70. The molecule has 1 unspecified atom stereocenters. The molecule has 0 amide bonds. The highest BCUT2D eigenvalue weighted by Gasteiger charge is 2.20. The monoisotopic (exact) mass is 231 g/mol. The smallest absolute Gasteiger partial charge is 0.305 e. The van der Waals surface area contributed by atoms with Crippen LogP contribution < -0.4 is 5.73 Å². The van der Waals surface area contributed by atoms with Gasteiger partial charge in [-0.1, -0.05) is 11.6 Å². The van der Waals surface area contributed by atoms with Gasteiger partial charge >= 0.3 is 5.97 Å². The molecule has 0 radical (unpaired) electrons. The predicted octanol–water partition coefficient (Wildman–Crippen LogP) is 1.59. The van der Waals surface area contributed by atoms with Crippen molar-refractivity contribution in [1.82, 2.24) is 9.78 Å². The van der Waals surface area contributed by atoms with E-state index < -0.39 is 12.0 Å². The van der Waals surface area contributed by atoms with Crippen LogP contribution in [-0.2, 0) is 4.79 Å². The second-order valence-corrected chi connectivity index (χ2v) is 4.03. The van der Waals surface area contributed by atoms with Crippen LogP contribution >= 0.6 is 11.6 Å². The van der Waals surface area contributed by atoms with Gasteiger partial charge in [-0.3, -0.25) is 9.48 Å². The van der Waals surface area contributed by atoms with Crippen LogP contribution in [0.25, 0.3) is 0 Å². The molecule has 84 valence electrons. The second-order valence-electron chi connectivity index (χ2n) is 3.62. The maximum absolute atomic E-state index is 10.5. The van der Waals surface area contributed by atoms with Gasteiger partial charge in [0.2, 0.25) is 0 Å². The first-order chi connectivity index (χ1) is 6.93. The molecular formula is C9H14ClN3O2. The summed E-state index contributed by atoms with van der Waals surface area (Å²) < 4.78 is 1.65. The summed E-state index contributed by atoms with van der Waals surface area (Å²) in [7, 11) is 0. The van der Waals surface area contributed by atoms with E-state index >= 15 is 0 Å². The number of carboxylic acid groups (broad SMARTS) is 1. The van der Waals surface area contributed by atoms with E-state index in [0.717, 1.165) is 0 Å². The zero-order valence-corrected chi connectivity index (χ0v) is 9.40. The van der Waals surface area contributed by atoms with E-state index in [-0.39, 0.29) is 12.5 Å². The van der Waals surface area contributed by atoms with Crippen molar-refractivity contribution in [2.45, 2.75) is 32.4 Å². The summed E-state index contributed by atoms with van der Waals surface area (Å²) >= 11 is 5.91. The standard InChI is InChI=1S/C9H14ClN3O2/c1-5(2)13-9(6(10)4-12-13)7(11)3-8(14)15/h4-5,7H,3,11H2,1-2H3,(H,14,15). The molecule has 5 nitrogen and oxygen atoms in total. The molecule has 0 fully saturated rings. The molecule has 1 rings (SSSR count). The Hall–Kier alpha value is -1.07. The SMILES string of the molecule is CC(C)n1ncc(Cl)c1C(N)CC(=O)O. The third-order valence-corrected chi connectivity index (χ3v) is 2.31. The van der Waals surface area contributed by atoms with Crippen molar-refractivity contribution in [2.24, 2.45) is 5.73 Å². The van der Waals surface area contributed by atoms with E-state index in [1.807, 2.05) is 13.8 Å². The van der Waals surface area contributed by atoms with Gasteiger partial charge in [0.1, 0.15) is 0 Å². The van der Waals surface area contributed by atoms with E-state index in [2.05, 4.69) is 5.10 Å². The number of nitrogens with two attached hydrogens (primary N) is 1. The molecule has 0 aliphatic rings. The number of halogens is 1. The van der Waals surface area contributed by atoms with Crippen LogP contribution in [0.2, 0.25) is 5.02 Å². The fourth-order valence-corrected chi connectivity index (χ4v) is 1.66. The van der Waals surface area contributed by atoms with Crippen LogP contribution in [0, 0.1) is 0 Å². The first-order valence-electron chi connectivity index (χ1n) is 4.63.